The number of carbonyl (C=O) groups is 1. The highest BCUT2D eigenvalue weighted by atomic mass is 16.6. The van der Waals surface area contributed by atoms with Gasteiger partial charge in [-0.05, 0) is 132 Å². The summed E-state index contributed by atoms with van der Waals surface area (Å²) in [5, 5.41) is 0. The lowest BCUT2D eigenvalue weighted by Gasteiger charge is -2.27. The fourth-order valence-electron chi connectivity index (χ4n) is 8.46. The van der Waals surface area contributed by atoms with Crippen LogP contribution in [0.25, 0.3) is 30.4 Å². The number of hydrogen-bond donors (Lipinski definition) is 0. The van der Waals surface area contributed by atoms with Gasteiger partial charge in [0.1, 0.15) is 36.2 Å². The minimum absolute atomic E-state index is 0.0760. The van der Waals surface area contributed by atoms with Gasteiger partial charge in [0.25, 0.3) is 0 Å². The van der Waals surface area contributed by atoms with Crippen molar-refractivity contribution in [1.82, 2.24) is 4.98 Å². The smallest absolute Gasteiger partial charge is 0.162 e. The number of methoxy groups -OCH3 is 2. The molecule has 0 spiro atoms. The van der Waals surface area contributed by atoms with E-state index in [2.05, 4.69) is 85.5 Å². The van der Waals surface area contributed by atoms with Crippen molar-refractivity contribution in [3.05, 3.63) is 227 Å². The maximum absolute atomic E-state index is 12.9. The molecule has 2 atom stereocenters. The average Bonchev–Trinajstić information content (AvgIpc) is 3.88. The summed E-state index contributed by atoms with van der Waals surface area (Å²) in [7, 11) is 3.26. The summed E-state index contributed by atoms with van der Waals surface area (Å²) in [6, 6.07) is 29.6. The van der Waals surface area contributed by atoms with E-state index in [1.54, 1.807) is 38.6 Å². The number of ketones is 1. The molecule has 360 valence electrons. The number of fused-ring (bicyclic) bond motifs is 2. The number of aromatic nitrogens is 1. The van der Waals surface area contributed by atoms with Crippen LogP contribution < -0.4 is 28.4 Å². The summed E-state index contributed by atoms with van der Waals surface area (Å²) >= 11 is 0. The Bertz CT molecular complexity index is 2970. The molecule has 2 aliphatic carbocycles. The van der Waals surface area contributed by atoms with Gasteiger partial charge in [0, 0.05) is 35.9 Å². The molecular weight excluding hydrogens is 883 g/mol. The van der Waals surface area contributed by atoms with Gasteiger partial charge in [0.2, 0.25) is 0 Å². The zero-order valence-corrected chi connectivity index (χ0v) is 40.7. The van der Waals surface area contributed by atoms with Gasteiger partial charge in [-0.3, -0.25) is 9.78 Å². The lowest BCUT2D eigenvalue weighted by Crippen LogP contribution is -2.30. The van der Waals surface area contributed by atoms with Crippen molar-refractivity contribution in [2.75, 3.05) is 27.4 Å². The van der Waals surface area contributed by atoms with E-state index < -0.39 is 0 Å². The molecule has 0 saturated carbocycles. The predicted octanol–water partition coefficient (Wildman–Crippen LogP) is 14.2. The predicted molar refractivity (Wildman–Crippen MR) is 288 cm³/mol. The molecule has 5 aromatic rings. The van der Waals surface area contributed by atoms with Crippen molar-refractivity contribution in [1.29, 1.82) is 0 Å². The molecule has 1 aliphatic heterocycles. The molecule has 71 heavy (non-hydrogen) atoms. The monoisotopic (exact) mass is 943 g/mol. The number of nitrogens with zero attached hydrogens (tertiary/aromatic N) is 1. The lowest BCUT2D eigenvalue weighted by molar-refractivity contribution is -0.113. The van der Waals surface area contributed by atoms with Crippen LogP contribution in [-0.4, -0.2) is 44.3 Å². The van der Waals surface area contributed by atoms with Crippen molar-refractivity contribution < 1.29 is 33.2 Å². The number of allylic oxidation sites excluding steroid dienone is 10. The Morgan fingerprint density at radius 1 is 0.732 bits per heavy atom. The second-order valence-electron chi connectivity index (χ2n) is 17.7. The van der Waals surface area contributed by atoms with E-state index in [1.165, 1.54) is 16.7 Å². The third-order valence-electron chi connectivity index (χ3n) is 12.3. The van der Waals surface area contributed by atoms with Gasteiger partial charge < -0.3 is 28.4 Å². The van der Waals surface area contributed by atoms with Crippen LogP contribution in [0.2, 0.25) is 0 Å². The topological polar surface area (TPSA) is 85.3 Å². The number of carbonyl (C=O) groups excluding carboxylic acids is 1. The van der Waals surface area contributed by atoms with Crippen molar-refractivity contribution in [3.63, 3.8) is 0 Å². The van der Waals surface area contributed by atoms with Crippen LogP contribution in [0, 0.1) is 5.92 Å². The number of hydrogen-bond acceptors (Lipinski definition) is 8. The molecule has 0 radical (unpaired) electrons. The number of ether oxygens (including phenoxy) is 6. The van der Waals surface area contributed by atoms with E-state index in [0.717, 1.165) is 76.3 Å². The molecule has 0 N–H and O–H groups in total. The molecule has 4 aromatic carbocycles. The fourth-order valence-corrected chi connectivity index (χ4v) is 8.46. The van der Waals surface area contributed by atoms with Crippen molar-refractivity contribution in [2.24, 2.45) is 5.92 Å². The summed E-state index contributed by atoms with van der Waals surface area (Å²) in [5.41, 5.74) is 11.1. The SMILES string of the molecule is C=C(/C=C/c1ccc2c(c1)CCC=C2)CC(=C)/C=C/c1ccc(OCCCC2C=CC(C3COc4cc(/C=C/C(=C)CC(=O)/C=C/c5ccc(OCc6ccccn6)cc5OC)ccc4O3)=C2)cc1OC. The standard InChI is InChI=1S/C63H61NO7/c1-44(15-18-48-20-24-50-12-6-7-13-53(50)37-48)35-45(2)17-23-51-27-30-57(40-60(51)66-4)68-34-10-11-47-21-25-54(38-47)63-43-70-62-39-49(22-32-59(62)71-63)19-16-46(3)36-56(65)29-26-52-28-31-58(41-61(52)67-5)69-42-55-14-8-9-33-64-55/h6,8-9,12,14-33,37-41,47,63H,1-3,7,10-11,13,34-36,42-43H2,4-5H3/b18-15+,19-16+,23-17+,29-26+. The van der Waals surface area contributed by atoms with Crippen molar-refractivity contribution in [2.45, 2.75) is 51.2 Å². The lowest BCUT2D eigenvalue weighted by atomic mass is 9.95. The number of rotatable bonds is 23. The minimum Gasteiger partial charge on any atom is -0.496 e. The summed E-state index contributed by atoms with van der Waals surface area (Å²) < 4.78 is 35.9. The summed E-state index contributed by atoms with van der Waals surface area (Å²) in [6.07, 6.45) is 32.8. The van der Waals surface area contributed by atoms with Crippen molar-refractivity contribution in [3.8, 4) is 34.5 Å². The third-order valence-corrected chi connectivity index (χ3v) is 12.3. The van der Waals surface area contributed by atoms with E-state index >= 15 is 0 Å². The van der Waals surface area contributed by atoms with Gasteiger partial charge in [0.05, 0.1) is 26.5 Å². The number of aryl methyl sites for hydroxylation is 1. The Morgan fingerprint density at radius 2 is 1.44 bits per heavy atom. The second-order valence-corrected chi connectivity index (χ2v) is 17.7. The van der Waals surface area contributed by atoms with E-state index in [1.807, 2.05) is 91.0 Å². The number of pyridine rings is 1. The minimum atomic E-state index is -0.195. The molecule has 8 rings (SSSR count). The van der Waals surface area contributed by atoms with E-state index in [-0.39, 0.29) is 18.3 Å². The first-order valence-corrected chi connectivity index (χ1v) is 24.1. The average molecular weight is 944 g/mol. The quantitative estimate of drug-likeness (QED) is 0.0364. The van der Waals surface area contributed by atoms with Crippen LogP contribution in [0.15, 0.2) is 188 Å². The van der Waals surface area contributed by atoms with Crippen LogP contribution in [0.1, 0.15) is 71.2 Å². The zero-order chi connectivity index (χ0) is 49.4. The largest absolute Gasteiger partial charge is 0.496 e. The molecule has 8 heteroatoms. The summed E-state index contributed by atoms with van der Waals surface area (Å²) in [6.45, 7) is 14.0. The second kappa shape index (κ2) is 24.4. The van der Waals surface area contributed by atoms with Gasteiger partial charge in [-0.25, -0.2) is 0 Å². The third kappa shape index (κ3) is 14.2. The van der Waals surface area contributed by atoms with E-state index in [4.69, 9.17) is 28.4 Å². The Hall–Kier alpha value is -8.10. The molecule has 3 aliphatic rings. The first-order valence-electron chi connectivity index (χ1n) is 24.1. The van der Waals surface area contributed by atoms with Crippen LogP contribution in [0.4, 0.5) is 0 Å². The first kappa shape index (κ1) is 49.3. The van der Waals surface area contributed by atoms with Crippen LogP contribution in [-0.2, 0) is 17.8 Å². The van der Waals surface area contributed by atoms with Crippen LogP contribution >= 0.6 is 0 Å². The van der Waals surface area contributed by atoms with Gasteiger partial charge >= 0.3 is 0 Å². The Labute approximate surface area is 418 Å². The van der Waals surface area contributed by atoms with E-state index in [0.29, 0.717) is 60.7 Å². The van der Waals surface area contributed by atoms with Gasteiger partial charge in [-0.1, -0.05) is 128 Å². The van der Waals surface area contributed by atoms with E-state index in [9.17, 15) is 4.79 Å². The highest BCUT2D eigenvalue weighted by Crippen LogP contribution is 2.37. The summed E-state index contributed by atoms with van der Waals surface area (Å²) in [4.78, 5) is 17.1. The highest BCUT2D eigenvalue weighted by Gasteiger charge is 2.26. The highest BCUT2D eigenvalue weighted by molar-refractivity contribution is 5.95. The van der Waals surface area contributed by atoms with Crippen LogP contribution in [0.5, 0.6) is 34.5 Å². The molecule has 2 unspecified atom stereocenters. The Balaban J connectivity index is 0.737. The Morgan fingerprint density at radius 3 is 2.18 bits per heavy atom. The molecule has 0 bridgehead atoms. The maximum Gasteiger partial charge on any atom is 0.162 e. The molecule has 2 heterocycles. The fraction of sp³-hybridized carbons (Fsp3) is 0.206. The molecule has 0 fully saturated rings. The molecule has 0 amide bonds. The molecule has 0 saturated heterocycles. The zero-order valence-electron chi connectivity index (χ0n) is 40.7. The molecular formula is C63H61NO7. The van der Waals surface area contributed by atoms with Crippen molar-refractivity contribution >= 4 is 36.2 Å². The maximum atomic E-state index is 12.9. The van der Waals surface area contributed by atoms with Crippen LogP contribution in [0.3, 0.4) is 0 Å². The van der Waals surface area contributed by atoms with Gasteiger partial charge in [-0.2, -0.15) is 0 Å². The normalized spacial score (nSPS) is 15.8. The molecule has 1 aromatic heterocycles. The number of benzene rings is 4. The first-order chi connectivity index (χ1) is 34.7. The molecule has 8 nitrogen and oxygen atoms in total. The van der Waals surface area contributed by atoms with Gasteiger partial charge in [0.15, 0.2) is 23.4 Å². The Kier molecular flexibility index (Phi) is 17.0. The van der Waals surface area contributed by atoms with Gasteiger partial charge in [-0.15, -0.1) is 0 Å². The summed E-state index contributed by atoms with van der Waals surface area (Å²) in [5.74, 6) is 4.36.